The van der Waals surface area contributed by atoms with E-state index in [1.54, 1.807) is 14.2 Å². The summed E-state index contributed by atoms with van der Waals surface area (Å²) in [5, 5.41) is 10.3. The van der Waals surface area contributed by atoms with E-state index >= 15 is 0 Å². The molecule has 1 unspecified atom stereocenters. The lowest BCUT2D eigenvalue weighted by Gasteiger charge is -2.28. The van der Waals surface area contributed by atoms with Crippen molar-refractivity contribution >= 4 is 0 Å². The van der Waals surface area contributed by atoms with Crippen LogP contribution in [-0.4, -0.2) is 45.1 Å². The summed E-state index contributed by atoms with van der Waals surface area (Å²) >= 11 is 0. The van der Waals surface area contributed by atoms with Crippen molar-refractivity contribution in [1.82, 2.24) is 0 Å². The van der Waals surface area contributed by atoms with E-state index in [-0.39, 0.29) is 0 Å². The van der Waals surface area contributed by atoms with Crippen molar-refractivity contribution in [3.05, 3.63) is 59.2 Å². The molecule has 0 saturated heterocycles. The van der Waals surface area contributed by atoms with Gasteiger partial charge in [-0.15, -0.1) is 0 Å². The number of aliphatic hydroxyl groups excluding tert-OH is 1. The van der Waals surface area contributed by atoms with Gasteiger partial charge in [-0.3, -0.25) is 0 Å². The van der Waals surface area contributed by atoms with Gasteiger partial charge in [0.15, 0.2) is 11.5 Å². The Hall–Kier alpha value is -2.08. The Morgan fingerprint density at radius 2 is 1.73 bits per heavy atom. The van der Waals surface area contributed by atoms with Crippen LogP contribution in [0.25, 0.3) is 0 Å². The fourth-order valence-electron chi connectivity index (χ4n) is 3.48. The zero-order valence-electron chi connectivity index (χ0n) is 15.5. The summed E-state index contributed by atoms with van der Waals surface area (Å²) in [6, 6.07) is 14.2. The first-order chi connectivity index (χ1) is 12.7. The highest BCUT2D eigenvalue weighted by Crippen LogP contribution is 2.31. The number of hydrogen-bond acceptors (Lipinski definition) is 4. The van der Waals surface area contributed by atoms with Crippen LogP contribution in [0.15, 0.2) is 42.5 Å². The van der Waals surface area contributed by atoms with Crippen LogP contribution >= 0.6 is 0 Å². The Kier molecular flexibility index (Phi) is 6.50. The fraction of sp³-hybridized carbons (Fsp3) is 0.429. The average molecular weight is 358 g/mol. The zero-order valence-corrected chi connectivity index (χ0v) is 15.5. The summed E-state index contributed by atoms with van der Waals surface area (Å²) in [6.07, 6.45) is 0.512. The van der Waals surface area contributed by atoms with Crippen molar-refractivity contribution in [1.29, 1.82) is 0 Å². The monoisotopic (exact) mass is 358 g/mol. The number of ether oxygens (including phenoxy) is 3. The highest BCUT2D eigenvalue weighted by atomic mass is 16.5. The predicted molar refractivity (Wildman–Crippen MR) is 99.8 cm³/mol. The second-order valence-electron chi connectivity index (χ2n) is 6.76. The number of hydrogen-bond donors (Lipinski definition) is 2. The van der Waals surface area contributed by atoms with E-state index < -0.39 is 6.10 Å². The normalized spacial score (nSPS) is 17.4. The second kappa shape index (κ2) is 9.03. The lowest BCUT2D eigenvalue weighted by atomic mass is 9.98. The van der Waals surface area contributed by atoms with Crippen LogP contribution in [0, 0.1) is 0 Å². The van der Waals surface area contributed by atoms with Gasteiger partial charge in [0.2, 0.25) is 0 Å². The molecular weight excluding hydrogens is 330 g/mol. The standard InChI is InChI=1S/C21H27NO4/c1-24-20-10-17-8-9-22(12-18(17)11-21(20)25-2)13-19(23)15-26-14-16-6-4-3-5-7-16/h3-7,10-11,19,23H,8-9,12-15H2,1-2H3/p+1/t19-/m1/s1. The Balaban J connectivity index is 1.50. The van der Waals surface area contributed by atoms with E-state index in [9.17, 15) is 5.11 Å². The molecule has 1 aliphatic rings. The highest BCUT2D eigenvalue weighted by Gasteiger charge is 2.24. The van der Waals surface area contributed by atoms with Gasteiger partial charge in [0.05, 0.1) is 34.0 Å². The van der Waals surface area contributed by atoms with Crippen molar-refractivity contribution in [3.63, 3.8) is 0 Å². The molecule has 5 nitrogen and oxygen atoms in total. The second-order valence-corrected chi connectivity index (χ2v) is 6.76. The molecular formula is C21H28NO4+. The molecule has 5 heteroatoms. The minimum absolute atomic E-state index is 0.358. The maximum Gasteiger partial charge on any atom is 0.161 e. The zero-order chi connectivity index (χ0) is 18.4. The lowest BCUT2D eigenvalue weighted by molar-refractivity contribution is -0.919. The van der Waals surface area contributed by atoms with Gasteiger partial charge in [-0.25, -0.2) is 0 Å². The van der Waals surface area contributed by atoms with Crippen molar-refractivity contribution in [2.45, 2.75) is 25.7 Å². The summed E-state index contributed by atoms with van der Waals surface area (Å²) < 4.78 is 16.5. The molecule has 2 atom stereocenters. The molecule has 140 valence electrons. The molecule has 2 N–H and O–H groups in total. The number of aliphatic hydroxyl groups is 1. The summed E-state index contributed by atoms with van der Waals surface area (Å²) in [5.74, 6) is 1.54. The fourth-order valence-corrected chi connectivity index (χ4v) is 3.48. The minimum atomic E-state index is -0.463. The summed E-state index contributed by atoms with van der Waals surface area (Å²) in [5.41, 5.74) is 3.70. The Labute approximate surface area is 155 Å². The molecule has 0 radical (unpaired) electrons. The largest absolute Gasteiger partial charge is 0.493 e. The number of quaternary nitrogens is 1. The molecule has 1 heterocycles. The quantitative estimate of drug-likeness (QED) is 0.745. The molecule has 0 aromatic heterocycles. The van der Waals surface area contributed by atoms with Crippen molar-refractivity contribution in [2.75, 3.05) is 33.9 Å². The highest BCUT2D eigenvalue weighted by molar-refractivity contribution is 5.47. The summed E-state index contributed by atoms with van der Waals surface area (Å²) in [4.78, 5) is 1.36. The molecule has 0 aliphatic carbocycles. The first kappa shape index (κ1) is 18.7. The van der Waals surface area contributed by atoms with Crippen LogP contribution in [0.2, 0.25) is 0 Å². The third-order valence-electron chi connectivity index (χ3n) is 4.84. The predicted octanol–water partition coefficient (Wildman–Crippen LogP) is 1.22. The maximum atomic E-state index is 10.3. The molecule has 0 fully saturated rings. The molecule has 2 aromatic rings. The van der Waals surface area contributed by atoms with Crippen LogP contribution in [0.4, 0.5) is 0 Å². The smallest absolute Gasteiger partial charge is 0.161 e. The van der Waals surface area contributed by atoms with Gasteiger partial charge in [-0.2, -0.15) is 0 Å². The van der Waals surface area contributed by atoms with Crippen LogP contribution in [0.5, 0.6) is 11.5 Å². The number of rotatable bonds is 8. The maximum absolute atomic E-state index is 10.3. The first-order valence-electron chi connectivity index (χ1n) is 9.06. The van der Waals surface area contributed by atoms with Gasteiger partial charge < -0.3 is 24.2 Å². The molecule has 0 saturated carbocycles. The van der Waals surface area contributed by atoms with E-state index in [0.29, 0.717) is 19.8 Å². The molecule has 0 spiro atoms. The van der Waals surface area contributed by atoms with Gasteiger partial charge in [0.1, 0.15) is 19.2 Å². The Morgan fingerprint density at radius 3 is 2.42 bits per heavy atom. The van der Waals surface area contributed by atoms with Crippen LogP contribution < -0.4 is 14.4 Å². The van der Waals surface area contributed by atoms with Crippen LogP contribution in [0.1, 0.15) is 16.7 Å². The van der Waals surface area contributed by atoms with E-state index in [0.717, 1.165) is 36.6 Å². The van der Waals surface area contributed by atoms with Crippen molar-refractivity contribution in [3.8, 4) is 11.5 Å². The first-order valence-corrected chi connectivity index (χ1v) is 9.06. The summed E-state index contributed by atoms with van der Waals surface area (Å²) in [6.45, 7) is 3.45. The van der Waals surface area contributed by atoms with E-state index in [2.05, 4.69) is 12.1 Å². The number of methoxy groups -OCH3 is 2. The van der Waals surface area contributed by atoms with Gasteiger partial charge in [-0.1, -0.05) is 30.3 Å². The van der Waals surface area contributed by atoms with Crippen molar-refractivity contribution in [2.24, 2.45) is 0 Å². The van der Waals surface area contributed by atoms with E-state index in [4.69, 9.17) is 14.2 Å². The van der Waals surface area contributed by atoms with Crippen LogP contribution in [-0.2, 0) is 24.3 Å². The van der Waals surface area contributed by atoms with Crippen molar-refractivity contribution < 1.29 is 24.2 Å². The topological polar surface area (TPSA) is 52.4 Å². The molecule has 1 aliphatic heterocycles. The molecule has 3 rings (SSSR count). The number of fused-ring (bicyclic) bond motifs is 1. The Morgan fingerprint density at radius 1 is 1.04 bits per heavy atom. The van der Waals surface area contributed by atoms with Gasteiger partial charge in [-0.05, 0) is 23.3 Å². The third kappa shape index (κ3) is 4.75. The van der Waals surface area contributed by atoms with E-state index in [1.807, 2.05) is 30.3 Å². The SMILES string of the molecule is COc1cc2c(cc1OC)C[NH+](C[C@@H](O)COCc1ccccc1)CC2. The van der Waals surface area contributed by atoms with Crippen LogP contribution in [0.3, 0.4) is 0 Å². The number of nitrogens with one attached hydrogen (secondary N) is 1. The van der Waals surface area contributed by atoms with Gasteiger partial charge in [0, 0.05) is 12.0 Å². The minimum Gasteiger partial charge on any atom is -0.493 e. The lowest BCUT2D eigenvalue weighted by Crippen LogP contribution is -3.12. The molecule has 0 bridgehead atoms. The molecule has 26 heavy (non-hydrogen) atoms. The summed E-state index contributed by atoms with van der Waals surface area (Å²) in [7, 11) is 3.32. The average Bonchev–Trinajstić information content (AvgIpc) is 2.67. The molecule has 0 amide bonds. The van der Waals surface area contributed by atoms with Gasteiger partial charge >= 0.3 is 0 Å². The van der Waals surface area contributed by atoms with Gasteiger partial charge in [0.25, 0.3) is 0 Å². The van der Waals surface area contributed by atoms with E-state index in [1.165, 1.54) is 16.0 Å². The Bertz CT molecular complexity index is 705. The third-order valence-corrected chi connectivity index (χ3v) is 4.84. The molecule has 2 aromatic carbocycles. The number of benzene rings is 2.